The van der Waals surface area contributed by atoms with Crippen molar-refractivity contribution in [1.29, 1.82) is 0 Å². The zero-order valence-corrected chi connectivity index (χ0v) is 8.29. The average Bonchev–Trinajstić information content (AvgIpc) is 2.63. The number of ether oxygens (including phenoxy) is 1. The smallest absolute Gasteiger partial charge is 0.345 e. The lowest BCUT2D eigenvalue weighted by Crippen LogP contribution is -2.26. The van der Waals surface area contributed by atoms with Gasteiger partial charge < -0.3 is 9.84 Å². The summed E-state index contributed by atoms with van der Waals surface area (Å²) in [5.74, 6) is -0.749. The van der Waals surface area contributed by atoms with E-state index in [-0.39, 0.29) is 5.56 Å². The van der Waals surface area contributed by atoms with Gasteiger partial charge in [0.05, 0.1) is 6.61 Å². The number of fused-ring (bicyclic) bond motifs is 1. The molecule has 15 heavy (non-hydrogen) atoms. The first-order chi connectivity index (χ1) is 7.01. The first-order valence-corrected chi connectivity index (χ1v) is 4.70. The maximum absolute atomic E-state index is 13.8. The number of carboxylic acids is 1. The minimum Gasteiger partial charge on any atom is -0.493 e. The van der Waals surface area contributed by atoms with E-state index < -0.39 is 11.6 Å². The largest absolute Gasteiger partial charge is 0.493 e. The molecule has 0 fully saturated rings. The molecule has 1 heterocycles. The summed E-state index contributed by atoms with van der Waals surface area (Å²) < 4.78 is 19.0. The van der Waals surface area contributed by atoms with Crippen LogP contribution < -0.4 is 4.74 Å². The van der Waals surface area contributed by atoms with E-state index >= 15 is 0 Å². The lowest BCUT2D eigenvalue weighted by Gasteiger charge is -2.15. The third kappa shape index (κ3) is 1.56. The summed E-state index contributed by atoms with van der Waals surface area (Å²) in [5, 5.41) is 8.74. The van der Waals surface area contributed by atoms with Gasteiger partial charge in [-0.05, 0) is 24.6 Å². The molecule has 1 aliphatic rings. The number of hydrogen-bond acceptors (Lipinski definition) is 2. The van der Waals surface area contributed by atoms with E-state index in [1.165, 1.54) is 6.07 Å². The molecule has 0 aromatic heterocycles. The van der Waals surface area contributed by atoms with Crippen molar-refractivity contribution in [3.05, 3.63) is 29.3 Å². The second-order valence-electron chi connectivity index (χ2n) is 3.73. The highest BCUT2D eigenvalue weighted by atomic mass is 19.1. The fourth-order valence-corrected chi connectivity index (χ4v) is 1.60. The molecule has 0 bridgehead atoms. The van der Waals surface area contributed by atoms with E-state index in [0.717, 1.165) is 18.2 Å². The predicted molar refractivity (Wildman–Crippen MR) is 51.7 cm³/mol. The number of carbonyl (C=O) groups is 1. The van der Waals surface area contributed by atoms with Gasteiger partial charge in [0.2, 0.25) is 5.67 Å². The molecule has 0 aliphatic carbocycles. The molecule has 4 heteroatoms. The first-order valence-electron chi connectivity index (χ1n) is 4.70. The Morgan fingerprint density at radius 2 is 2.33 bits per heavy atom. The van der Waals surface area contributed by atoms with E-state index in [1.54, 1.807) is 12.1 Å². The van der Waals surface area contributed by atoms with Crippen LogP contribution in [0.15, 0.2) is 18.2 Å². The number of carboxylic acid groups (broad SMARTS) is 1. The number of benzene rings is 1. The topological polar surface area (TPSA) is 46.5 Å². The van der Waals surface area contributed by atoms with Gasteiger partial charge in [-0.2, -0.15) is 0 Å². The fraction of sp³-hybridized carbons (Fsp3) is 0.364. The Morgan fingerprint density at radius 3 is 3.00 bits per heavy atom. The molecule has 0 spiro atoms. The number of alkyl halides is 1. The summed E-state index contributed by atoms with van der Waals surface area (Å²) >= 11 is 0. The quantitative estimate of drug-likeness (QED) is 0.810. The SMILES string of the molecule is CC(F)(C(=O)O)c1ccc2c(c1)CCO2. The number of rotatable bonds is 2. The molecule has 1 atom stereocenters. The van der Waals surface area contributed by atoms with Crippen LogP contribution in [0.2, 0.25) is 0 Å². The van der Waals surface area contributed by atoms with Crippen LogP contribution in [-0.4, -0.2) is 17.7 Å². The molecule has 2 rings (SSSR count). The summed E-state index contributed by atoms with van der Waals surface area (Å²) in [7, 11) is 0. The molecular weight excluding hydrogens is 199 g/mol. The molecule has 1 aromatic carbocycles. The Morgan fingerprint density at radius 1 is 1.60 bits per heavy atom. The van der Waals surface area contributed by atoms with Gasteiger partial charge in [-0.25, -0.2) is 9.18 Å². The third-order valence-electron chi connectivity index (χ3n) is 2.63. The molecule has 0 amide bonds. The van der Waals surface area contributed by atoms with Gasteiger partial charge in [0.25, 0.3) is 0 Å². The molecule has 1 unspecified atom stereocenters. The number of halogens is 1. The maximum atomic E-state index is 13.8. The monoisotopic (exact) mass is 210 g/mol. The van der Waals surface area contributed by atoms with Crippen LogP contribution in [-0.2, 0) is 16.9 Å². The summed E-state index contributed by atoms with van der Waals surface area (Å²) in [5.41, 5.74) is -1.30. The van der Waals surface area contributed by atoms with Crippen LogP contribution in [0, 0.1) is 0 Å². The second-order valence-corrected chi connectivity index (χ2v) is 3.73. The minimum atomic E-state index is -2.34. The zero-order valence-electron chi connectivity index (χ0n) is 8.29. The van der Waals surface area contributed by atoms with E-state index in [1.807, 2.05) is 0 Å². The lowest BCUT2D eigenvalue weighted by molar-refractivity contribution is -0.150. The van der Waals surface area contributed by atoms with Crippen molar-refractivity contribution in [2.75, 3.05) is 6.61 Å². The average molecular weight is 210 g/mol. The zero-order chi connectivity index (χ0) is 11.1. The van der Waals surface area contributed by atoms with Crippen molar-refractivity contribution in [1.82, 2.24) is 0 Å². The fourth-order valence-electron chi connectivity index (χ4n) is 1.60. The Balaban J connectivity index is 2.42. The number of aliphatic carboxylic acids is 1. The predicted octanol–water partition coefficient (Wildman–Crippen LogP) is 1.89. The summed E-state index contributed by atoms with van der Waals surface area (Å²) in [4.78, 5) is 10.7. The van der Waals surface area contributed by atoms with Crippen LogP contribution >= 0.6 is 0 Å². The first kappa shape index (κ1) is 9.96. The van der Waals surface area contributed by atoms with E-state index in [2.05, 4.69) is 0 Å². The van der Waals surface area contributed by atoms with Crippen molar-refractivity contribution in [3.8, 4) is 5.75 Å². The van der Waals surface area contributed by atoms with Crippen LogP contribution in [0.1, 0.15) is 18.1 Å². The molecule has 1 aromatic rings. The summed E-state index contributed by atoms with van der Waals surface area (Å²) in [6.07, 6.45) is 0.707. The van der Waals surface area contributed by atoms with Gasteiger partial charge >= 0.3 is 5.97 Å². The van der Waals surface area contributed by atoms with E-state index in [0.29, 0.717) is 13.0 Å². The highest BCUT2D eigenvalue weighted by Gasteiger charge is 2.35. The highest BCUT2D eigenvalue weighted by Crippen LogP contribution is 2.32. The molecule has 1 N–H and O–H groups in total. The van der Waals surface area contributed by atoms with E-state index in [4.69, 9.17) is 9.84 Å². The summed E-state index contributed by atoms with van der Waals surface area (Å²) in [6, 6.07) is 4.65. The van der Waals surface area contributed by atoms with Gasteiger partial charge in [-0.15, -0.1) is 0 Å². The molecule has 0 saturated heterocycles. The molecular formula is C11H11FO3. The maximum Gasteiger partial charge on any atom is 0.345 e. The molecule has 3 nitrogen and oxygen atoms in total. The van der Waals surface area contributed by atoms with Crippen molar-refractivity contribution >= 4 is 5.97 Å². The van der Waals surface area contributed by atoms with Gasteiger partial charge in [-0.3, -0.25) is 0 Å². The molecule has 1 aliphatic heterocycles. The minimum absolute atomic E-state index is 0.166. The Labute approximate surface area is 86.5 Å². The van der Waals surface area contributed by atoms with Crippen LogP contribution in [0.4, 0.5) is 4.39 Å². The molecule has 80 valence electrons. The number of hydrogen-bond donors (Lipinski definition) is 1. The normalized spacial score (nSPS) is 17.7. The third-order valence-corrected chi connectivity index (χ3v) is 2.63. The van der Waals surface area contributed by atoms with Crippen molar-refractivity contribution in [2.24, 2.45) is 0 Å². The second kappa shape index (κ2) is 3.22. The van der Waals surface area contributed by atoms with Gasteiger partial charge in [0.1, 0.15) is 5.75 Å². The van der Waals surface area contributed by atoms with E-state index in [9.17, 15) is 9.18 Å². The van der Waals surface area contributed by atoms with Crippen LogP contribution in [0.5, 0.6) is 5.75 Å². The Bertz CT molecular complexity index is 412. The van der Waals surface area contributed by atoms with Crippen LogP contribution in [0.25, 0.3) is 0 Å². The van der Waals surface area contributed by atoms with Crippen molar-refractivity contribution < 1.29 is 19.0 Å². The van der Waals surface area contributed by atoms with Crippen molar-refractivity contribution in [2.45, 2.75) is 19.0 Å². The Kier molecular flexibility index (Phi) is 2.14. The van der Waals surface area contributed by atoms with Gasteiger partial charge in [-0.1, -0.05) is 6.07 Å². The highest BCUT2D eigenvalue weighted by molar-refractivity contribution is 5.79. The summed E-state index contributed by atoms with van der Waals surface area (Å²) in [6.45, 7) is 1.63. The lowest BCUT2D eigenvalue weighted by atomic mass is 9.95. The standard InChI is InChI=1S/C11H11FO3/c1-11(12,10(13)14)8-2-3-9-7(6-8)4-5-15-9/h2-3,6H,4-5H2,1H3,(H,13,14). The molecule has 0 saturated carbocycles. The van der Waals surface area contributed by atoms with Crippen LogP contribution in [0.3, 0.4) is 0 Å². The van der Waals surface area contributed by atoms with Gasteiger partial charge in [0.15, 0.2) is 0 Å². The Hall–Kier alpha value is -1.58. The molecule has 0 radical (unpaired) electrons. The van der Waals surface area contributed by atoms with Gasteiger partial charge in [0, 0.05) is 12.0 Å². The van der Waals surface area contributed by atoms with Crippen molar-refractivity contribution in [3.63, 3.8) is 0 Å².